The minimum absolute atomic E-state index is 0.0842. The van der Waals surface area contributed by atoms with Gasteiger partial charge in [-0.3, -0.25) is 9.59 Å². The molecule has 0 spiro atoms. The first-order valence-corrected chi connectivity index (χ1v) is 12.1. The van der Waals surface area contributed by atoms with Crippen molar-refractivity contribution in [2.75, 3.05) is 24.7 Å². The van der Waals surface area contributed by atoms with E-state index in [0.717, 1.165) is 29.2 Å². The molecule has 5 rings (SSSR count). The quantitative estimate of drug-likeness (QED) is 0.367. The van der Waals surface area contributed by atoms with Gasteiger partial charge in [-0.1, -0.05) is 12.1 Å². The van der Waals surface area contributed by atoms with Crippen molar-refractivity contribution < 1.29 is 28.6 Å². The number of carbonyl (C=O) groups is 3. The largest absolute Gasteiger partial charge is 0.486 e. The van der Waals surface area contributed by atoms with E-state index in [4.69, 9.17) is 14.2 Å². The molecule has 8 nitrogen and oxygen atoms in total. The number of Topliss-reactive ketones (excluding diaryl/α,β-unsaturated/α-hetero) is 1. The smallest absolute Gasteiger partial charge is 0.338 e. The van der Waals surface area contributed by atoms with E-state index in [0.29, 0.717) is 43.0 Å². The van der Waals surface area contributed by atoms with Crippen LogP contribution in [0.25, 0.3) is 0 Å². The highest BCUT2D eigenvalue weighted by atomic mass is 16.6. The summed E-state index contributed by atoms with van der Waals surface area (Å²) in [4.78, 5) is 39.0. The van der Waals surface area contributed by atoms with E-state index in [9.17, 15) is 14.4 Å². The molecule has 2 aromatic carbocycles. The minimum atomic E-state index is -0.581. The zero-order valence-corrected chi connectivity index (χ0v) is 20.4. The topological polar surface area (TPSA) is 87.1 Å². The number of ketones is 1. The summed E-state index contributed by atoms with van der Waals surface area (Å²) in [5, 5.41) is 0. The lowest BCUT2D eigenvalue weighted by Crippen LogP contribution is -2.33. The Morgan fingerprint density at radius 1 is 1.06 bits per heavy atom. The first kappa shape index (κ1) is 23.7. The SMILES string of the molecule is Cc1cc(C(=O)COC(=O)c2ccc(N3CCCC3=O)cc2)c(C)n1CC1COc2ccccc2O1. The second kappa shape index (κ2) is 9.89. The molecular weight excluding hydrogens is 460 g/mol. The van der Waals surface area contributed by atoms with E-state index < -0.39 is 5.97 Å². The standard InChI is InChI=1S/C28H28N2O6/c1-18-14-23(19(2)30(18)15-22-16-34-25-6-3-4-7-26(25)36-22)24(31)17-35-28(33)20-9-11-21(12-10-20)29-13-5-8-27(29)32/h3-4,6-7,9-12,14,22H,5,8,13,15-17H2,1-2H3. The molecule has 1 amide bonds. The molecule has 0 bridgehead atoms. The Labute approximate surface area is 209 Å². The average Bonchev–Trinajstić information content (AvgIpc) is 3.45. The Morgan fingerprint density at radius 2 is 1.81 bits per heavy atom. The molecule has 186 valence electrons. The van der Waals surface area contributed by atoms with Crippen LogP contribution >= 0.6 is 0 Å². The number of hydrogen-bond donors (Lipinski definition) is 0. The van der Waals surface area contributed by atoms with Crippen LogP contribution in [-0.2, 0) is 16.1 Å². The van der Waals surface area contributed by atoms with Gasteiger partial charge in [-0.15, -0.1) is 0 Å². The molecule has 3 heterocycles. The molecule has 2 aliphatic heterocycles. The molecule has 1 aromatic heterocycles. The summed E-state index contributed by atoms with van der Waals surface area (Å²) >= 11 is 0. The summed E-state index contributed by atoms with van der Waals surface area (Å²) in [6.45, 7) is 5.08. The normalized spacial score (nSPS) is 16.8. The third kappa shape index (κ3) is 4.71. The monoisotopic (exact) mass is 488 g/mol. The van der Waals surface area contributed by atoms with Crippen LogP contribution in [0.4, 0.5) is 5.69 Å². The van der Waals surface area contributed by atoms with E-state index in [1.165, 1.54) is 0 Å². The average molecular weight is 489 g/mol. The Hall–Kier alpha value is -4.07. The van der Waals surface area contributed by atoms with Crippen molar-refractivity contribution in [1.82, 2.24) is 4.57 Å². The number of anilines is 1. The molecule has 1 unspecified atom stereocenters. The van der Waals surface area contributed by atoms with Gasteiger partial charge in [-0.25, -0.2) is 4.79 Å². The summed E-state index contributed by atoms with van der Waals surface area (Å²) in [5.41, 5.74) is 3.31. The van der Waals surface area contributed by atoms with Gasteiger partial charge in [0.15, 0.2) is 24.2 Å². The van der Waals surface area contributed by atoms with Gasteiger partial charge in [-0.05, 0) is 62.7 Å². The molecule has 1 saturated heterocycles. The van der Waals surface area contributed by atoms with Crippen molar-refractivity contribution in [3.63, 3.8) is 0 Å². The number of aromatic nitrogens is 1. The molecule has 2 aliphatic rings. The van der Waals surface area contributed by atoms with Crippen molar-refractivity contribution in [2.24, 2.45) is 0 Å². The van der Waals surface area contributed by atoms with E-state index >= 15 is 0 Å². The van der Waals surface area contributed by atoms with Crippen LogP contribution in [0.5, 0.6) is 11.5 Å². The first-order valence-electron chi connectivity index (χ1n) is 12.1. The predicted molar refractivity (Wildman–Crippen MR) is 133 cm³/mol. The summed E-state index contributed by atoms with van der Waals surface area (Å²) in [5.74, 6) is 0.669. The highest BCUT2D eigenvalue weighted by Gasteiger charge is 2.25. The molecule has 0 aliphatic carbocycles. The molecule has 0 N–H and O–H groups in total. The van der Waals surface area contributed by atoms with Crippen molar-refractivity contribution in [3.8, 4) is 11.5 Å². The van der Waals surface area contributed by atoms with E-state index in [-0.39, 0.29) is 24.4 Å². The van der Waals surface area contributed by atoms with Crippen molar-refractivity contribution >= 4 is 23.3 Å². The van der Waals surface area contributed by atoms with Gasteiger partial charge in [0.05, 0.1) is 12.1 Å². The Morgan fingerprint density at radius 3 is 2.53 bits per heavy atom. The van der Waals surface area contributed by atoms with E-state index in [2.05, 4.69) is 0 Å². The van der Waals surface area contributed by atoms with Crippen LogP contribution in [0, 0.1) is 13.8 Å². The van der Waals surface area contributed by atoms with Crippen LogP contribution < -0.4 is 14.4 Å². The molecular formula is C28H28N2O6. The maximum absolute atomic E-state index is 12.9. The highest BCUT2D eigenvalue weighted by Crippen LogP contribution is 2.31. The zero-order chi connectivity index (χ0) is 25.2. The molecule has 36 heavy (non-hydrogen) atoms. The van der Waals surface area contributed by atoms with Crippen molar-refractivity contribution in [2.45, 2.75) is 39.3 Å². The van der Waals surface area contributed by atoms with Crippen LogP contribution in [0.2, 0.25) is 0 Å². The number of carbonyl (C=O) groups excluding carboxylic acids is 3. The summed E-state index contributed by atoms with van der Waals surface area (Å²) in [6.07, 6.45) is 1.19. The summed E-state index contributed by atoms with van der Waals surface area (Å²) < 4.78 is 19.2. The Bertz CT molecular complexity index is 1310. The van der Waals surface area contributed by atoms with Gasteiger partial charge in [0.2, 0.25) is 11.7 Å². The number of esters is 1. The van der Waals surface area contributed by atoms with Gasteiger partial charge >= 0.3 is 5.97 Å². The van der Waals surface area contributed by atoms with Gasteiger partial charge in [0, 0.05) is 35.6 Å². The summed E-state index contributed by atoms with van der Waals surface area (Å²) in [7, 11) is 0. The van der Waals surface area contributed by atoms with Crippen LogP contribution in [0.15, 0.2) is 54.6 Å². The number of ether oxygens (including phenoxy) is 3. The molecule has 1 fully saturated rings. The van der Waals surface area contributed by atoms with Gasteiger partial charge < -0.3 is 23.7 Å². The molecule has 0 saturated carbocycles. The number of amides is 1. The number of nitrogens with zero attached hydrogens (tertiary/aromatic N) is 2. The predicted octanol–water partition coefficient (Wildman–Crippen LogP) is 4.11. The molecule has 8 heteroatoms. The highest BCUT2D eigenvalue weighted by molar-refractivity contribution is 6.00. The van der Waals surface area contributed by atoms with Crippen molar-refractivity contribution in [3.05, 3.63) is 77.1 Å². The number of benzene rings is 2. The maximum atomic E-state index is 12.9. The number of rotatable bonds is 7. The van der Waals surface area contributed by atoms with Crippen LogP contribution in [0.1, 0.15) is 44.9 Å². The van der Waals surface area contributed by atoms with Crippen LogP contribution in [-0.4, -0.2) is 48.1 Å². The van der Waals surface area contributed by atoms with Gasteiger partial charge in [0.1, 0.15) is 6.61 Å². The van der Waals surface area contributed by atoms with Gasteiger partial charge in [-0.2, -0.15) is 0 Å². The van der Waals surface area contributed by atoms with E-state index in [1.54, 1.807) is 29.2 Å². The number of hydrogen-bond acceptors (Lipinski definition) is 6. The second-order valence-electron chi connectivity index (χ2n) is 9.09. The lowest BCUT2D eigenvalue weighted by atomic mass is 10.1. The maximum Gasteiger partial charge on any atom is 0.338 e. The third-order valence-electron chi connectivity index (χ3n) is 6.65. The number of para-hydroxylation sites is 2. The lowest BCUT2D eigenvalue weighted by molar-refractivity contribution is -0.117. The number of fused-ring (bicyclic) bond motifs is 1. The molecule has 0 radical (unpaired) electrons. The Balaban J connectivity index is 1.19. The summed E-state index contributed by atoms with van der Waals surface area (Å²) in [6, 6.07) is 16.0. The minimum Gasteiger partial charge on any atom is -0.486 e. The van der Waals surface area contributed by atoms with Crippen molar-refractivity contribution in [1.29, 1.82) is 0 Å². The number of aryl methyl sites for hydroxylation is 1. The third-order valence-corrected chi connectivity index (χ3v) is 6.65. The van der Waals surface area contributed by atoms with Crippen LogP contribution in [0.3, 0.4) is 0 Å². The fraction of sp³-hybridized carbons (Fsp3) is 0.321. The fourth-order valence-corrected chi connectivity index (χ4v) is 4.71. The molecule has 1 atom stereocenters. The Kier molecular flexibility index (Phi) is 6.50. The van der Waals surface area contributed by atoms with Gasteiger partial charge in [0.25, 0.3) is 0 Å². The first-order chi connectivity index (χ1) is 17.4. The molecule has 3 aromatic rings. The zero-order valence-electron chi connectivity index (χ0n) is 20.4. The lowest BCUT2D eigenvalue weighted by Gasteiger charge is -2.27. The van der Waals surface area contributed by atoms with E-state index in [1.807, 2.05) is 48.7 Å². The second-order valence-corrected chi connectivity index (χ2v) is 9.09. The fourth-order valence-electron chi connectivity index (χ4n) is 4.71.